The van der Waals surface area contributed by atoms with E-state index in [4.69, 9.17) is 37.4 Å². The Morgan fingerprint density at radius 1 is 0.976 bits per heavy atom. The molecule has 3 aliphatic rings. The number of halogens is 2. The molecule has 0 saturated carbocycles. The molecule has 0 radical (unpaired) electrons. The van der Waals surface area contributed by atoms with Crippen LogP contribution in [0.4, 0.5) is 5.82 Å². The van der Waals surface area contributed by atoms with Crippen LogP contribution in [0.5, 0.6) is 6.01 Å². The number of benzene rings is 1. The van der Waals surface area contributed by atoms with E-state index in [-0.39, 0.29) is 30.2 Å². The molecule has 0 bridgehead atoms. The molecule has 15 heteroatoms. The first-order valence-corrected chi connectivity index (χ1v) is 15.6. The van der Waals surface area contributed by atoms with Crippen LogP contribution in [0.3, 0.4) is 0 Å². The van der Waals surface area contributed by atoms with Crippen LogP contribution in [0, 0.1) is 0 Å². The maximum Gasteiger partial charge on any atom is 0.296 e. The number of pyridine rings is 2. The molecule has 0 unspecified atom stereocenters. The van der Waals surface area contributed by atoms with Crippen molar-refractivity contribution in [3.63, 3.8) is 0 Å². The molecule has 3 saturated heterocycles. The molecule has 4 atom stereocenters. The molecule has 4 aromatic rings. The number of anilines is 1. The number of aromatic nitrogens is 4. The van der Waals surface area contributed by atoms with Gasteiger partial charge in [0.15, 0.2) is 11.8 Å². The second-order valence-corrected chi connectivity index (χ2v) is 13.1. The van der Waals surface area contributed by atoms with Gasteiger partial charge < -0.3 is 29.2 Å². The van der Waals surface area contributed by atoms with Gasteiger partial charge >= 0.3 is 0 Å². The van der Waals surface area contributed by atoms with Crippen LogP contribution >= 0.6 is 23.2 Å². The fourth-order valence-corrected chi connectivity index (χ4v) is 7.28. The number of imidazole rings is 1. The number of nitrogens with one attached hydrogen (secondary N) is 1. The highest BCUT2D eigenvalue weighted by atomic mass is 35.5. The summed E-state index contributed by atoms with van der Waals surface area (Å²) < 4.78 is 44.7. The van der Waals surface area contributed by atoms with E-state index in [0.29, 0.717) is 58.6 Å². The van der Waals surface area contributed by atoms with E-state index in [1.807, 2.05) is 17.0 Å². The van der Waals surface area contributed by atoms with Crippen molar-refractivity contribution in [3.05, 3.63) is 58.7 Å². The number of hydrogen-bond donors (Lipinski definition) is 2. The molecular weight excluding hydrogens is 607 g/mol. The Morgan fingerprint density at radius 2 is 1.74 bits per heavy atom. The van der Waals surface area contributed by atoms with E-state index >= 15 is 0 Å². The van der Waals surface area contributed by atoms with Crippen molar-refractivity contribution < 1.29 is 27.7 Å². The van der Waals surface area contributed by atoms with Gasteiger partial charge in [-0.25, -0.2) is 18.4 Å². The SMILES string of the molecule is O=S(=O)(c1ccc(Cl)cc1)N1CCN(c2ccc(-c3nc4nc(O[C@@H]5CO[C@H]6[C@@H]5OC[C@H]6O)[nH]c4cc3Cl)cn2)CC1. The second-order valence-electron chi connectivity index (χ2n) is 10.3. The number of aromatic amines is 1. The molecule has 0 aliphatic carbocycles. The van der Waals surface area contributed by atoms with Crippen LogP contribution in [-0.2, 0) is 19.5 Å². The summed E-state index contributed by atoms with van der Waals surface area (Å²) in [6.45, 7) is 2.17. The summed E-state index contributed by atoms with van der Waals surface area (Å²) in [4.78, 5) is 19.1. The van der Waals surface area contributed by atoms with Crippen molar-refractivity contribution in [3.8, 4) is 17.3 Å². The molecule has 3 aliphatic heterocycles. The summed E-state index contributed by atoms with van der Waals surface area (Å²) in [6.07, 6.45) is -0.141. The lowest BCUT2D eigenvalue weighted by molar-refractivity contribution is 0.00706. The zero-order valence-electron chi connectivity index (χ0n) is 22.1. The number of hydrogen-bond acceptors (Lipinski definition) is 10. The minimum Gasteiger partial charge on any atom is -0.456 e. The maximum absolute atomic E-state index is 13.0. The Balaban J connectivity index is 1.03. The first-order valence-electron chi connectivity index (χ1n) is 13.4. The highest BCUT2D eigenvalue weighted by Gasteiger charge is 2.48. The molecule has 12 nitrogen and oxygen atoms in total. The Hall–Kier alpha value is -3.04. The number of sulfonamides is 1. The lowest BCUT2D eigenvalue weighted by atomic mass is 10.1. The van der Waals surface area contributed by atoms with Crippen molar-refractivity contribution in [2.24, 2.45) is 0 Å². The number of piperazine rings is 1. The Bertz CT molecular complexity index is 1710. The molecule has 3 fully saturated rings. The van der Waals surface area contributed by atoms with E-state index in [1.54, 1.807) is 24.4 Å². The van der Waals surface area contributed by atoms with Crippen molar-refractivity contribution in [1.29, 1.82) is 0 Å². The molecule has 0 amide bonds. The van der Waals surface area contributed by atoms with E-state index < -0.39 is 28.3 Å². The minimum absolute atomic E-state index is 0.213. The van der Waals surface area contributed by atoms with Gasteiger partial charge in [-0.1, -0.05) is 23.2 Å². The van der Waals surface area contributed by atoms with Crippen LogP contribution < -0.4 is 9.64 Å². The molecule has 220 valence electrons. The summed E-state index contributed by atoms with van der Waals surface area (Å²) in [7, 11) is -3.60. The van der Waals surface area contributed by atoms with Gasteiger partial charge in [-0.3, -0.25) is 0 Å². The van der Waals surface area contributed by atoms with Gasteiger partial charge in [0.25, 0.3) is 6.01 Å². The zero-order valence-corrected chi connectivity index (χ0v) is 24.4. The zero-order chi connectivity index (χ0) is 29.0. The maximum atomic E-state index is 13.0. The fourth-order valence-electron chi connectivity index (χ4n) is 5.47. The molecule has 6 heterocycles. The van der Waals surface area contributed by atoms with Crippen LogP contribution in [-0.4, -0.2) is 102 Å². The normalized spacial score (nSPS) is 24.8. The predicted molar refractivity (Wildman–Crippen MR) is 154 cm³/mol. The van der Waals surface area contributed by atoms with Gasteiger partial charge in [0, 0.05) is 43.0 Å². The minimum atomic E-state index is -3.60. The van der Waals surface area contributed by atoms with E-state index in [9.17, 15) is 13.5 Å². The predicted octanol–water partition coefficient (Wildman–Crippen LogP) is 2.74. The molecule has 42 heavy (non-hydrogen) atoms. The van der Waals surface area contributed by atoms with Crippen LogP contribution in [0.15, 0.2) is 53.6 Å². The lowest BCUT2D eigenvalue weighted by Gasteiger charge is -2.34. The summed E-state index contributed by atoms with van der Waals surface area (Å²) in [5.41, 5.74) is 2.26. The number of H-pyrrole nitrogens is 1. The monoisotopic (exact) mass is 632 g/mol. The van der Waals surface area contributed by atoms with E-state index in [2.05, 4.69) is 19.9 Å². The molecule has 1 aromatic carbocycles. The van der Waals surface area contributed by atoms with Crippen molar-refractivity contribution in [2.75, 3.05) is 44.3 Å². The number of ether oxygens (including phenoxy) is 3. The van der Waals surface area contributed by atoms with E-state index in [1.165, 1.54) is 16.4 Å². The van der Waals surface area contributed by atoms with Crippen LogP contribution in [0.25, 0.3) is 22.4 Å². The van der Waals surface area contributed by atoms with Gasteiger partial charge in [0.2, 0.25) is 10.0 Å². The van der Waals surface area contributed by atoms with Crippen LogP contribution in [0.2, 0.25) is 10.0 Å². The summed E-state index contributed by atoms with van der Waals surface area (Å²) in [5, 5.41) is 10.9. The third-order valence-corrected chi connectivity index (χ3v) is 10.1. The topological polar surface area (TPSA) is 143 Å². The Labute approximate surface area is 251 Å². The Kier molecular flexibility index (Phi) is 7.21. The third kappa shape index (κ3) is 5.08. The molecular formula is C27H26Cl2N6O6S. The van der Waals surface area contributed by atoms with Crippen LogP contribution in [0.1, 0.15) is 0 Å². The third-order valence-electron chi connectivity index (χ3n) is 7.69. The largest absolute Gasteiger partial charge is 0.456 e. The summed E-state index contributed by atoms with van der Waals surface area (Å²) >= 11 is 12.5. The van der Waals surface area contributed by atoms with Gasteiger partial charge in [0.05, 0.1) is 34.3 Å². The highest BCUT2D eigenvalue weighted by Crippen LogP contribution is 2.32. The average Bonchev–Trinajstić information content (AvgIpc) is 3.69. The van der Waals surface area contributed by atoms with Crippen molar-refractivity contribution in [1.82, 2.24) is 24.2 Å². The Morgan fingerprint density at radius 3 is 2.48 bits per heavy atom. The lowest BCUT2D eigenvalue weighted by Crippen LogP contribution is -2.48. The number of rotatable bonds is 6. The number of aliphatic hydroxyl groups excluding tert-OH is 1. The van der Waals surface area contributed by atoms with Gasteiger partial charge in [-0.2, -0.15) is 9.29 Å². The van der Waals surface area contributed by atoms with Gasteiger partial charge in [0.1, 0.15) is 24.1 Å². The standard InChI is InChI=1S/C27H26Cl2N6O6S/c28-16-2-4-17(5-3-16)42(37,38)35-9-7-34(8-10-35)22-6-1-15(12-30-22)23-18(29)11-19-26(32-23)33-27(31-19)41-21-14-40-24-20(36)13-39-25(21)24/h1-6,11-12,20-21,24-25,36H,7-10,13-14H2,(H,31,32,33)/t20-,21-,24-,25-/m1/s1. The quantitative estimate of drug-likeness (QED) is 0.326. The molecule has 0 spiro atoms. The first kappa shape index (κ1) is 27.8. The summed E-state index contributed by atoms with van der Waals surface area (Å²) in [5.74, 6) is 0.728. The summed E-state index contributed by atoms with van der Waals surface area (Å²) in [6, 6.07) is 11.9. The average molecular weight is 634 g/mol. The molecule has 7 rings (SSSR count). The van der Waals surface area contributed by atoms with Crippen molar-refractivity contribution >= 4 is 50.2 Å². The number of fused-ring (bicyclic) bond motifs is 2. The second kappa shape index (κ2) is 10.9. The van der Waals surface area contributed by atoms with E-state index in [0.717, 1.165) is 5.82 Å². The van der Waals surface area contributed by atoms with Gasteiger partial charge in [-0.15, -0.1) is 0 Å². The fraction of sp³-hybridized carbons (Fsp3) is 0.370. The number of aliphatic hydroxyl groups is 1. The smallest absolute Gasteiger partial charge is 0.296 e. The molecule has 3 aromatic heterocycles. The molecule has 2 N–H and O–H groups in total. The first-order chi connectivity index (χ1) is 20.3. The number of nitrogens with zero attached hydrogens (tertiary/aromatic N) is 5. The van der Waals surface area contributed by atoms with Crippen molar-refractivity contribution in [2.45, 2.75) is 29.3 Å². The highest BCUT2D eigenvalue weighted by molar-refractivity contribution is 7.89. The van der Waals surface area contributed by atoms with Gasteiger partial charge in [-0.05, 0) is 42.5 Å².